The van der Waals surface area contributed by atoms with E-state index in [4.69, 9.17) is 0 Å². The molecule has 0 atom stereocenters. The van der Waals surface area contributed by atoms with Crippen molar-refractivity contribution in [3.8, 4) is 0 Å². The lowest BCUT2D eigenvalue weighted by atomic mass is 10.2. The first-order valence-corrected chi connectivity index (χ1v) is 9.60. The van der Waals surface area contributed by atoms with Crippen LogP contribution in [0.1, 0.15) is 31.2 Å². The number of halogens is 1. The predicted molar refractivity (Wildman–Crippen MR) is 123 cm³/mol. The Morgan fingerprint density at radius 3 is 2.56 bits per heavy atom. The molecule has 7 heteroatoms. The maximum absolute atomic E-state index is 4.58. The standard InChI is InChI=1S/C20H30N6.HI/c1-21-20(23-10-15-25-11-6-7-12-25)24-17-18-8-9-22-19(16-18)26-13-4-2-3-5-14-26;/h6-9,11-12,16H,2-5,10,13-15,17H2,1H3,(H2,21,23,24);1H. The number of aliphatic imine (C=N–C) groups is 1. The lowest BCUT2D eigenvalue weighted by Gasteiger charge is -2.22. The van der Waals surface area contributed by atoms with Gasteiger partial charge in [-0.05, 0) is 42.7 Å². The molecule has 0 aromatic carbocycles. The second-order valence-electron chi connectivity index (χ2n) is 6.70. The molecule has 0 saturated carbocycles. The molecule has 27 heavy (non-hydrogen) atoms. The van der Waals surface area contributed by atoms with Gasteiger partial charge in [-0.25, -0.2) is 4.98 Å². The molecule has 2 N–H and O–H groups in total. The third-order valence-corrected chi connectivity index (χ3v) is 4.75. The summed E-state index contributed by atoms with van der Waals surface area (Å²) in [6.45, 7) is 4.73. The first-order valence-electron chi connectivity index (χ1n) is 9.60. The monoisotopic (exact) mass is 482 g/mol. The molecular formula is C20H31IN6. The normalized spacial score (nSPS) is 15.0. The van der Waals surface area contributed by atoms with Crippen molar-refractivity contribution in [1.82, 2.24) is 20.2 Å². The summed E-state index contributed by atoms with van der Waals surface area (Å²) in [5.74, 6) is 1.92. The summed E-state index contributed by atoms with van der Waals surface area (Å²) in [5, 5.41) is 6.75. The lowest BCUT2D eigenvalue weighted by Crippen LogP contribution is -2.38. The third kappa shape index (κ3) is 7.04. The van der Waals surface area contributed by atoms with E-state index in [1.165, 1.54) is 31.2 Å². The fourth-order valence-electron chi connectivity index (χ4n) is 3.27. The molecule has 1 saturated heterocycles. The number of anilines is 1. The molecule has 0 amide bonds. The molecule has 148 valence electrons. The summed E-state index contributed by atoms with van der Waals surface area (Å²) >= 11 is 0. The molecule has 2 aromatic heterocycles. The Hall–Kier alpha value is -1.77. The topological polar surface area (TPSA) is 57.5 Å². The van der Waals surface area contributed by atoms with Crippen LogP contribution in [-0.2, 0) is 13.1 Å². The van der Waals surface area contributed by atoms with Crippen molar-refractivity contribution in [1.29, 1.82) is 0 Å². The van der Waals surface area contributed by atoms with Gasteiger partial charge >= 0.3 is 0 Å². The van der Waals surface area contributed by atoms with Crippen LogP contribution in [-0.4, -0.2) is 42.2 Å². The highest BCUT2D eigenvalue weighted by atomic mass is 127. The molecule has 3 heterocycles. The number of nitrogens with zero attached hydrogens (tertiary/aromatic N) is 4. The summed E-state index contributed by atoms with van der Waals surface area (Å²) in [4.78, 5) is 11.3. The molecule has 6 nitrogen and oxygen atoms in total. The van der Waals surface area contributed by atoms with E-state index in [-0.39, 0.29) is 24.0 Å². The number of hydrogen-bond donors (Lipinski definition) is 2. The fraction of sp³-hybridized carbons (Fsp3) is 0.500. The van der Waals surface area contributed by atoms with Crippen molar-refractivity contribution in [3.63, 3.8) is 0 Å². The van der Waals surface area contributed by atoms with Crippen molar-refractivity contribution in [2.45, 2.75) is 38.8 Å². The zero-order valence-corrected chi connectivity index (χ0v) is 18.4. The molecule has 1 fully saturated rings. The molecule has 3 rings (SSSR count). The Bertz CT molecular complexity index is 678. The number of pyridine rings is 1. The molecule has 1 aliphatic rings. The number of guanidine groups is 1. The lowest BCUT2D eigenvalue weighted by molar-refractivity contribution is 0.665. The Kier molecular flexibility index (Phi) is 9.44. The largest absolute Gasteiger partial charge is 0.357 e. The fourth-order valence-corrected chi connectivity index (χ4v) is 3.27. The number of nitrogens with one attached hydrogen (secondary N) is 2. The Balaban J connectivity index is 0.00000261. The zero-order valence-electron chi connectivity index (χ0n) is 16.1. The maximum Gasteiger partial charge on any atom is 0.191 e. The van der Waals surface area contributed by atoms with Gasteiger partial charge in [0.25, 0.3) is 0 Å². The number of hydrogen-bond acceptors (Lipinski definition) is 3. The van der Waals surface area contributed by atoms with Gasteiger partial charge in [-0.15, -0.1) is 24.0 Å². The zero-order chi connectivity index (χ0) is 18.0. The van der Waals surface area contributed by atoms with Crippen LogP contribution in [0.3, 0.4) is 0 Å². The Labute approximate surface area is 179 Å². The van der Waals surface area contributed by atoms with E-state index < -0.39 is 0 Å². The van der Waals surface area contributed by atoms with Gasteiger partial charge in [0.05, 0.1) is 0 Å². The van der Waals surface area contributed by atoms with E-state index in [2.05, 4.69) is 54.6 Å². The average molecular weight is 482 g/mol. The Morgan fingerprint density at radius 1 is 1.11 bits per heavy atom. The Morgan fingerprint density at radius 2 is 1.85 bits per heavy atom. The first-order chi connectivity index (χ1) is 12.8. The molecule has 0 spiro atoms. The second-order valence-corrected chi connectivity index (χ2v) is 6.70. The second kappa shape index (κ2) is 11.8. The van der Waals surface area contributed by atoms with Crippen LogP contribution in [0, 0.1) is 0 Å². The van der Waals surface area contributed by atoms with Gasteiger partial charge in [-0.2, -0.15) is 0 Å². The van der Waals surface area contributed by atoms with Gasteiger partial charge in [-0.3, -0.25) is 4.99 Å². The average Bonchev–Trinajstić information content (AvgIpc) is 3.04. The van der Waals surface area contributed by atoms with E-state index in [1.807, 2.05) is 18.3 Å². The van der Waals surface area contributed by atoms with Gasteiger partial charge in [0.1, 0.15) is 5.82 Å². The van der Waals surface area contributed by atoms with Crippen molar-refractivity contribution < 1.29 is 0 Å². The quantitative estimate of drug-likeness (QED) is 0.377. The van der Waals surface area contributed by atoms with Gasteiger partial charge in [0.2, 0.25) is 0 Å². The van der Waals surface area contributed by atoms with E-state index in [9.17, 15) is 0 Å². The number of rotatable bonds is 6. The minimum absolute atomic E-state index is 0. The summed E-state index contributed by atoms with van der Waals surface area (Å²) in [6.07, 6.45) is 11.3. The smallest absolute Gasteiger partial charge is 0.191 e. The van der Waals surface area contributed by atoms with Crippen LogP contribution >= 0.6 is 24.0 Å². The van der Waals surface area contributed by atoms with Crippen molar-refractivity contribution in [2.24, 2.45) is 4.99 Å². The molecular weight excluding hydrogens is 451 g/mol. The number of aromatic nitrogens is 2. The third-order valence-electron chi connectivity index (χ3n) is 4.75. The highest BCUT2D eigenvalue weighted by Gasteiger charge is 2.11. The van der Waals surface area contributed by atoms with E-state index >= 15 is 0 Å². The minimum atomic E-state index is 0. The maximum atomic E-state index is 4.58. The summed E-state index contributed by atoms with van der Waals surface area (Å²) < 4.78 is 2.15. The van der Waals surface area contributed by atoms with Crippen molar-refractivity contribution >= 4 is 35.8 Å². The SMILES string of the molecule is CN=C(NCCn1cccc1)NCc1ccnc(N2CCCCCC2)c1.I. The van der Waals surface area contributed by atoms with Crippen LogP contribution in [0.5, 0.6) is 0 Å². The first kappa shape index (κ1) is 21.5. The summed E-state index contributed by atoms with van der Waals surface area (Å²) in [7, 11) is 1.81. The van der Waals surface area contributed by atoms with Crippen LogP contribution < -0.4 is 15.5 Å². The van der Waals surface area contributed by atoms with Crippen LogP contribution in [0.15, 0.2) is 47.8 Å². The van der Waals surface area contributed by atoms with E-state index in [0.29, 0.717) is 0 Å². The molecule has 0 bridgehead atoms. The van der Waals surface area contributed by atoms with Crippen LogP contribution in [0.25, 0.3) is 0 Å². The molecule has 0 aliphatic carbocycles. The molecule has 0 unspecified atom stereocenters. The van der Waals surface area contributed by atoms with E-state index in [1.54, 1.807) is 7.05 Å². The van der Waals surface area contributed by atoms with Crippen molar-refractivity contribution in [2.75, 3.05) is 31.6 Å². The summed E-state index contributed by atoms with van der Waals surface area (Å²) in [6, 6.07) is 8.35. The van der Waals surface area contributed by atoms with Gasteiger partial charge in [-0.1, -0.05) is 12.8 Å². The minimum Gasteiger partial charge on any atom is -0.357 e. The molecule has 2 aromatic rings. The predicted octanol–water partition coefficient (Wildman–Crippen LogP) is 3.25. The summed E-state index contributed by atoms with van der Waals surface area (Å²) in [5.41, 5.74) is 1.23. The van der Waals surface area contributed by atoms with Gasteiger partial charge in [0.15, 0.2) is 5.96 Å². The van der Waals surface area contributed by atoms with E-state index in [0.717, 1.165) is 44.5 Å². The van der Waals surface area contributed by atoms with Gasteiger partial charge < -0.3 is 20.1 Å². The van der Waals surface area contributed by atoms with Crippen LogP contribution in [0.2, 0.25) is 0 Å². The molecule has 1 aliphatic heterocycles. The molecule has 0 radical (unpaired) electrons. The highest BCUT2D eigenvalue weighted by molar-refractivity contribution is 14.0. The van der Waals surface area contributed by atoms with Gasteiger partial charge in [0, 0.05) is 58.4 Å². The van der Waals surface area contributed by atoms with Crippen LogP contribution in [0.4, 0.5) is 5.82 Å². The highest BCUT2D eigenvalue weighted by Crippen LogP contribution is 2.18. The van der Waals surface area contributed by atoms with Crippen molar-refractivity contribution in [3.05, 3.63) is 48.4 Å².